The molecule has 3 rings (SSSR count). The molecule has 0 spiro atoms. The predicted molar refractivity (Wildman–Crippen MR) is 84.2 cm³/mol. The molecular weight excluding hydrogens is 262 g/mol. The van der Waals surface area contributed by atoms with Gasteiger partial charge in [0.2, 0.25) is 0 Å². The van der Waals surface area contributed by atoms with Crippen molar-refractivity contribution in [3.8, 4) is 11.4 Å². The van der Waals surface area contributed by atoms with E-state index in [2.05, 4.69) is 33.9 Å². The summed E-state index contributed by atoms with van der Waals surface area (Å²) in [5.41, 5.74) is 2.64. The van der Waals surface area contributed by atoms with Gasteiger partial charge >= 0.3 is 0 Å². The first-order valence-electron chi connectivity index (χ1n) is 7.70. The number of piperidine rings is 1. The van der Waals surface area contributed by atoms with Gasteiger partial charge in [-0.3, -0.25) is 0 Å². The molecule has 2 aromatic rings. The van der Waals surface area contributed by atoms with E-state index < -0.39 is 0 Å². The van der Waals surface area contributed by atoms with E-state index in [1.165, 1.54) is 5.69 Å². The van der Waals surface area contributed by atoms with E-state index in [4.69, 9.17) is 4.74 Å². The van der Waals surface area contributed by atoms with Crippen LogP contribution in [0.15, 0.2) is 36.8 Å². The maximum atomic E-state index is 5.51. The van der Waals surface area contributed by atoms with Gasteiger partial charge in [0, 0.05) is 23.0 Å². The van der Waals surface area contributed by atoms with Crippen molar-refractivity contribution in [2.75, 3.05) is 19.7 Å². The molecule has 0 unspecified atom stereocenters. The van der Waals surface area contributed by atoms with Crippen LogP contribution in [0.25, 0.3) is 5.69 Å². The molecule has 1 N–H and O–H groups in total. The van der Waals surface area contributed by atoms with Crippen LogP contribution in [0.4, 0.5) is 0 Å². The van der Waals surface area contributed by atoms with Crippen molar-refractivity contribution in [3.05, 3.63) is 42.5 Å². The monoisotopic (exact) mass is 285 g/mol. The quantitative estimate of drug-likeness (QED) is 0.939. The Balaban J connectivity index is 1.91. The van der Waals surface area contributed by atoms with Crippen molar-refractivity contribution < 1.29 is 4.74 Å². The van der Waals surface area contributed by atoms with E-state index in [9.17, 15) is 0 Å². The first-order chi connectivity index (χ1) is 10.2. The Bertz CT molecular complexity index is 582. The third-order valence-electron chi connectivity index (χ3n) is 4.39. The summed E-state index contributed by atoms with van der Waals surface area (Å²) in [5, 5.41) is 3.44. The second-order valence-electron chi connectivity index (χ2n) is 5.89. The molecule has 0 saturated carbocycles. The molecule has 1 saturated heterocycles. The molecule has 4 heteroatoms. The summed E-state index contributed by atoms with van der Waals surface area (Å²) in [6.07, 6.45) is 6.23. The minimum Gasteiger partial charge on any atom is -0.494 e. The molecule has 0 amide bonds. The average molecular weight is 285 g/mol. The van der Waals surface area contributed by atoms with Crippen LogP contribution >= 0.6 is 0 Å². The maximum Gasteiger partial charge on any atom is 0.119 e. The lowest BCUT2D eigenvalue weighted by atomic mass is 9.78. The summed E-state index contributed by atoms with van der Waals surface area (Å²) in [7, 11) is 0. The van der Waals surface area contributed by atoms with E-state index in [1.807, 2.05) is 31.6 Å². The summed E-state index contributed by atoms with van der Waals surface area (Å²) >= 11 is 0. The van der Waals surface area contributed by atoms with Gasteiger partial charge in [0.05, 0.1) is 12.9 Å². The molecule has 1 aliphatic rings. The van der Waals surface area contributed by atoms with Gasteiger partial charge in [-0.05, 0) is 57.1 Å². The lowest BCUT2D eigenvalue weighted by Crippen LogP contribution is -2.38. The van der Waals surface area contributed by atoms with Crippen LogP contribution in [-0.2, 0) is 5.41 Å². The molecule has 4 nitrogen and oxygen atoms in total. The number of aromatic nitrogens is 2. The van der Waals surface area contributed by atoms with Gasteiger partial charge in [0.25, 0.3) is 0 Å². The van der Waals surface area contributed by atoms with Crippen molar-refractivity contribution >= 4 is 0 Å². The molecule has 1 aliphatic heterocycles. The normalized spacial score (nSPS) is 17.6. The first kappa shape index (κ1) is 14.1. The number of nitrogens with zero attached hydrogens (tertiary/aromatic N) is 2. The minimum atomic E-state index is 0.195. The molecule has 0 radical (unpaired) electrons. The zero-order chi connectivity index (χ0) is 14.7. The van der Waals surface area contributed by atoms with Crippen LogP contribution in [0.1, 0.15) is 32.4 Å². The fourth-order valence-corrected chi connectivity index (χ4v) is 3.05. The van der Waals surface area contributed by atoms with E-state index in [0.717, 1.165) is 37.4 Å². The molecular formula is C17H23N3O. The largest absolute Gasteiger partial charge is 0.494 e. The van der Waals surface area contributed by atoms with E-state index >= 15 is 0 Å². The maximum absolute atomic E-state index is 5.51. The van der Waals surface area contributed by atoms with Gasteiger partial charge in [0.1, 0.15) is 5.75 Å². The molecule has 0 atom stereocenters. The predicted octanol–water partition coefficient (Wildman–Crippen LogP) is 2.91. The number of nitrogens with one attached hydrogen (secondary N) is 1. The van der Waals surface area contributed by atoms with Crippen LogP contribution in [0.5, 0.6) is 5.75 Å². The third-order valence-corrected chi connectivity index (χ3v) is 4.39. The Kier molecular flexibility index (Phi) is 3.97. The van der Waals surface area contributed by atoms with Crippen molar-refractivity contribution in [3.63, 3.8) is 0 Å². The Morgan fingerprint density at radius 1 is 1.24 bits per heavy atom. The zero-order valence-corrected chi connectivity index (χ0v) is 12.8. The molecule has 21 heavy (non-hydrogen) atoms. The first-order valence-corrected chi connectivity index (χ1v) is 7.70. The number of benzene rings is 1. The number of hydrogen-bond acceptors (Lipinski definition) is 3. The Hall–Kier alpha value is -1.81. The fourth-order valence-electron chi connectivity index (χ4n) is 3.05. The second kappa shape index (κ2) is 5.90. The van der Waals surface area contributed by atoms with E-state index in [-0.39, 0.29) is 5.41 Å². The highest BCUT2D eigenvalue weighted by atomic mass is 16.5. The summed E-state index contributed by atoms with van der Waals surface area (Å²) in [4.78, 5) is 4.39. The highest BCUT2D eigenvalue weighted by Crippen LogP contribution is 2.34. The molecule has 0 aliphatic carbocycles. The van der Waals surface area contributed by atoms with E-state index in [1.54, 1.807) is 0 Å². The standard InChI is InChI=1S/C17H23N3O/c1-3-21-15-6-4-14(5-7-15)20-13-19-12-16(20)17(2)8-10-18-11-9-17/h4-7,12-13,18H,3,8-11H2,1-2H3. The van der Waals surface area contributed by atoms with Gasteiger partial charge in [-0.15, -0.1) is 0 Å². The molecule has 1 aromatic carbocycles. The van der Waals surface area contributed by atoms with Gasteiger partial charge in [-0.1, -0.05) is 6.92 Å². The van der Waals surface area contributed by atoms with Crippen molar-refractivity contribution in [2.24, 2.45) is 0 Å². The van der Waals surface area contributed by atoms with Gasteiger partial charge < -0.3 is 14.6 Å². The minimum absolute atomic E-state index is 0.195. The van der Waals surface area contributed by atoms with Crippen LogP contribution in [-0.4, -0.2) is 29.2 Å². The van der Waals surface area contributed by atoms with Crippen LogP contribution in [0.3, 0.4) is 0 Å². The van der Waals surface area contributed by atoms with E-state index in [0.29, 0.717) is 6.61 Å². The molecule has 1 fully saturated rings. The topological polar surface area (TPSA) is 39.1 Å². The summed E-state index contributed by atoms with van der Waals surface area (Å²) in [5.74, 6) is 0.913. The lowest BCUT2D eigenvalue weighted by Gasteiger charge is -2.34. The number of rotatable bonds is 4. The molecule has 2 heterocycles. The molecule has 112 valence electrons. The van der Waals surface area contributed by atoms with Gasteiger partial charge in [-0.2, -0.15) is 0 Å². The summed E-state index contributed by atoms with van der Waals surface area (Å²) in [6, 6.07) is 8.24. The van der Waals surface area contributed by atoms with Gasteiger partial charge in [0.15, 0.2) is 0 Å². The number of ether oxygens (including phenoxy) is 1. The van der Waals surface area contributed by atoms with Crippen molar-refractivity contribution in [2.45, 2.75) is 32.1 Å². The highest BCUT2D eigenvalue weighted by molar-refractivity contribution is 5.40. The Labute approximate surface area is 126 Å². The van der Waals surface area contributed by atoms with Crippen LogP contribution < -0.4 is 10.1 Å². The summed E-state index contributed by atoms with van der Waals surface area (Å²) in [6.45, 7) is 7.19. The summed E-state index contributed by atoms with van der Waals surface area (Å²) < 4.78 is 7.72. The van der Waals surface area contributed by atoms with Crippen LogP contribution in [0.2, 0.25) is 0 Å². The average Bonchev–Trinajstić information content (AvgIpc) is 2.99. The smallest absolute Gasteiger partial charge is 0.119 e. The number of imidazole rings is 1. The lowest BCUT2D eigenvalue weighted by molar-refractivity contribution is 0.324. The Morgan fingerprint density at radius 2 is 1.95 bits per heavy atom. The number of hydrogen-bond donors (Lipinski definition) is 1. The Morgan fingerprint density at radius 3 is 2.62 bits per heavy atom. The van der Waals surface area contributed by atoms with Crippen LogP contribution in [0, 0.1) is 0 Å². The molecule has 0 bridgehead atoms. The third kappa shape index (κ3) is 2.81. The second-order valence-corrected chi connectivity index (χ2v) is 5.89. The fraction of sp³-hybridized carbons (Fsp3) is 0.471. The molecule has 1 aromatic heterocycles. The zero-order valence-electron chi connectivity index (χ0n) is 12.8. The SMILES string of the molecule is CCOc1ccc(-n2cncc2C2(C)CCNCC2)cc1. The highest BCUT2D eigenvalue weighted by Gasteiger charge is 2.31. The van der Waals surface area contributed by atoms with Crippen molar-refractivity contribution in [1.82, 2.24) is 14.9 Å². The van der Waals surface area contributed by atoms with Gasteiger partial charge in [-0.25, -0.2) is 4.98 Å². The van der Waals surface area contributed by atoms with Crippen molar-refractivity contribution in [1.29, 1.82) is 0 Å².